The number of hydrogen-bond acceptors (Lipinski definition) is 3. The molecule has 0 unspecified atom stereocenters. The average molecular weight is 248 g/mol. The quantitative estimate of drug-likeness (QED) is 0.767. The summed E-state index contributed by atoms with van der Waals surface area (Å²) >= 11 is 0. The highest BCUT2D eigenvalue weighted by molar-refractivity contribution is 5.65. The maximum absolute atomic E-state index is 8.82. The van der Waals surface area contributed by atoms with E-state index in [1.165, 1.54) is 0 Å². The van der Waals surface area contributed by atoms with E-state index in [0.717, 1.165) is 22.6 Å². The Hall–Kier alpha value is -2.85. The van der Waals surface area contributed by atoms with Gasteiger partial charge < -0.3 is 0 Å². The molecule has 0 aliphatic rings. The fourth-order valence-electron chi connectivity index (χ4n) is 1.92. The molecule has 1 aromatic carbocycles. The Morgan fingerprint density at radius 3 is 2.37 bits per heavy atom. The minimum Gasteiger partial charge on any atom is -0.237 e. The molecule has 4 nitrogen and oxygen atoms in total. The van der Waals surface area contributed by atoms with Crippen LogP contribution >= 0.6 is 0 Å². The van der Waals surface area contributed by atoms with Gasteiger partial charge in [-0.25, -0.2) is 4.68 Å². The molecule has 92 valence electrons. The van der Waals surface area contributed by atoms with Crippen molar-refractivity contribution in [3.8, 4) is 17.8 Å². The van der Waals surface area contributed by atoms with Crippen molar-refractivity contribution in [1.82, 2.24) is 9.78 Å². The fraction of sp³-hybridized carbons (Fsp3) is 0.133. The lowest BCUT2D eigenvalue weighted by molar-refractivity contribution is 0.833. The highest BCUT2D eigenvalue weighted by Gasteiger charge is 2.11. The van der Waals surface area contributed by atoms with E-state index in [1.54, 1.807) is 6.08 Å². The third-order valence-corrected chi connectivity index (χ3v) is 2.88. The molecule has 0 fully saturated rings. The van der Waals surface area contributed by atoms with Crippen molar-refractivity contribution in [2.75, 3.05) is 0 Å². The number of benzene rings is 1. The molecule has 0 N–H and O–H groups in total. The van der Waals surface area contributed by atoms with Crippen LogP contribution in [0.2, 0.25) is 0 Å². The van der Waals surface area contributed by atoms with Crippen molar-refractivity contribution in [3.05, 3.63) is 52.9 Å². The minimum atomic E-state index is 0.0822. The zero-order valence-corrected chi connectivity index (χ0v) is 10.8. The number of aryl methyl sites for hydroxylation is 1. The summed E-state index contributed by atoms with van der Waals surface area (Å²) in [5, 5.41) is 22.1. The van der Waals surface area contributed by atoms with Crippen LogP contribution in [0.25, 0.3) is 11.8 Å². The molecule has 1 heterocycles. The van der Waals surface area contributed by atoms with Crippen molar-refractivity contribution in [2.45, 2.75) is 13.8 Å². The van der Waals surface area contributed by atoms with E-state index in [4.69, 9.17) is 10.5 Å². The molecular formula is C15H12N4. The van der Waals surface area contributed by atoms with Crippen LogP contribution in [-0.4, -0.2) is 9.78 Å². The number of rotatable bonds is 2. The molecule has 0 spiro atoms. The normalized spacial score (nSPS) is 9.47. The van der Waals surface area contributed by atoms with Gasteiger partial charge in [0.1, 0.15) is 17.7 Å². The average Bonchev–Trinajstić information content (AvgIpc) is 2.73. The molecule has 0 bridgehead atoms. The standard InChI is InChI=1S/C15H12N4/c1-11-15(8-13(9-16)10-17)12(2)19(18-11)14-6-4-3-5-7-14/h3-8H,1-2H3. The van der Waals surface area contributed by atoms with E-state index in [2.05, 4.69) is 5.10 Å². The van der Waals surface area contributed by atoms with Crippen molar-refractivity contribution < 1.29 is 0 Å². The Bertz CT molecular complexity index is 693. The summed E-state index contributed by atoms with van der Waals surface area (Å²) in [5.74, 6) is 0. The minimum absolute atomic E-state index is 0.0822. The molecule has 2 rings (SSSR count). The molecule has 0 saturated heterocycles. The van der Waals surface area contributed by atoms with Crippen molar-refractivity contribution >= 4 is 6.08 Å². The molecule has 0 aliphatic carbocycles. The largest absolute Gasteiger partial charge is 0.237 e. The smallest absolute Gasteiger partial charge is 0.130 e. The van der Waals surface area contributed by atoms with E-state index in [9.17, 15) is 0 Å². The molecule has 0 amide bonds. The fourth-order valence-corrected chi connectivity index (χ4v) is 1.92. The Labute approximate surface area is 111 Å². The van der Waals surface area contributed by atoms with Crippen molar-refractivity contribution in [1.29, 1.82) is 10.5 Å². The lowest BCUT2D eigenvalue weighted by Crippen LogP contribution is -1.98. The highest BCUT2D eigenvalue weighted by Crippen LogP contribution is 2.20. The number of para-hydroxylation sites is 1. The van der Waals surface area contributed by atoms with Crippen LogP contribution in [0.15, 0.2) is 35.9 Å². The summed E-state index contributed by atoms with van der Waals surface area (Å²) in [6.07, 6.45) is 1.58. The van der Waals surface area contributed by atoms with E-state index < -0.39 is 0 Å². The van der Waals surface area contributed by atoms with Gasteiger partial charge in [-0.05, 0) is 32.1 Å². The molecule has 4 heteroatoms. The van der Waals surface area contributed by atoms with Crippen LogP contribution in [0.1, 0.15) is 17.0 Å². The van der Waals surface area contributed by atoms with Crippen molar-refractivity contribution in [2.24, 2.45) is 0 Å². The second-order valence-electron chi connectivity index (χ2n) is 4.11. The van der Waals surface area contributed by atoms with Crippen LogP contribution in [0, 0.1) is 36.5 Å². The van der Waals surface area contributed by atoms with E-state index >= 15 is 0 Å². The zero-order chi connectivity index (χ0) is 13.8. The number of nitriles is 2. The first kappa shape index (κ1) is 12.6. The van der Waals surface area contributed by atoms with Crippen LogP contribution in [0.5, 0.6) is 0 Å². The number of hydrogen-bond donors (Lipinski definition) is 0. The van der Waals surface area contributed by atoms with Crippen LogP contribution in [0.3, 0.4) is 0 Å². The molecule has 0 aliphatic heterocycles. The Kier molecular flexibility index (Phi) is 3.45. The summed E-state index contributed by atoms with van der Waals surface area (Å²) in [5.41, 5.74) is 3.56. The predicted octanol–water partition coefficient (Wildman–Crippen LogP) is 2.92. The van der Waals surface area contributed by atoms with E-state index in [1.807, 2.05) is 61.0 Å². The molecule has 0 saturated carbocycles. The lowest BCUT2D eigenvalue weighted by atomic mass is 10.1. The first-order valence-electron chi connectivity index (χ1n) is 5.81. The second kappa shape index (κ2) is 5.20. The summed E-state index contributed by atoms with van der Waals surface area (Å²) in [7, 11) is 0. The van der Waals surface area contributed by atoms with Crippen LogP contribution in [-0.2, 0) is 0 Å². The lowest BCUT2D eigenvalue weighted by Gasteiger charge is -2.03. The molecule has 2 aromatic rings. The summed E-state index contributed by atoms with van der Waals surface area (Å²) in [6.45, 7) is 3.79. The second-order valence-corrected chi connectivity index (χ2v) is 4.11. The van der Waals surface area contributed by atoms with Gasteiger partial charge in [0.15, 0.2) is 0 Å². The Morgan fingerprint density at radius 2 is 1.79 bits per heavy atom. The first-order chi connectivity index (χ1) is 9.17. The third kappa shape index (κ3) is 2.38. The number of aromatic nitrogens is 2. The van der Waals surface area contributed by atoms with Crippen LogP contribution < -0.4 is 0 Å². The Morgan fingerprint density at radius 1 is 1.16 bits per heavy atom. The zero-order valence-electron chi connectivity index (χ0n) is 10.8. The topological polar surface area (TPSA) is 65.4 Å². The summed E-state index contributed by atoms with van der Waals surface area (Å²) in [6, 6.07) is 13.5. The van der Waals surface area contributed by atoms with E-state index in [-0.39, 0.29) is 5.57 Å². The monoisotopic (exact) mass is 248 g/mol. The van der Waals surface area contributed by atoms with Gasteiger partial charge in [-0.3, -0.25) is 0 Å². The maximum Gasteiger partial charge on any atom is 0.130 e. The predicted molar refractivity (Wildman–Crippen MR) is 72.2 cm³/mol. The van der Waals surface area contributed by atoms with Gasteiger partial charge in [0, 0.05) is 11.3 Å². The van der Waals surface area contributed by atoms with Gasteiger partial charge in [0.25, 0.3) is 0 Å². The number of nitrogens with zero attached hydrogens (tertiary/aromatic N) is 4. The van der Waals surface area contributed by atoms with Gasteiger partial charge in [-0.15, -0.1) is 0 Å². The molecule has 0 radical (unpaired) electrons. The van der Waals surface area contributed by atoms with Gasteiger partial charge in [0.05, 0.1) is 11.4 Å². The first-order valence-corrected chi connectivity index (χ1v) is 5.81. The molecule has 19 heavy (non-hydrogen) atoms. The molecule has 1 aromatic heterocycles. The van der Waals surface area contributed by atoms with Gasteiger partial charge in [-0.1, -0.05) is 18.2 Å². The maximum atomic E-state index is 8.82. The number of allylic oxidation sites excluding steroid dienone is 1. The van der Waals surface area contributed by atoms with E-state index in [0.29, 0.717) is 0 Å². The van der Waals surface area contributed by atoms with Crippen LogP contribution in [0.4, 0.5) is 0 Å². The molecule has 0 atom stereocenters. The Balaban J connectivity index is 2.57. The van der Waals surface area contributed by atoms with Crippen molar-refractivity contribution in [3.63, 3.8) is 0 Å². The van der Waals surface area contributed by atoms with Gasteiger partial charge in [0.2, 0.25) is 0 Å². The third-order valence-electron chi connectivity index (χ3n) is 2.88. The summed E-state index contributed by atoms with van der Waals surface area (Å²) < 4.78 is 1.81. The van der Waals surface area contributed by atoms with Gasteiger partial charge >= 0.3 is 0 Å². The highest BCUT2D eigenvalue weighted by atomic mass is 15.3. The molecular weight excluding hydrogens is 236 g/mol. The SMILES string of the molecule is Cc1nn(-c2ccccc2)c(C)c1C=C(C#N)C#N. The van der Waals surface area contributed by atoms with Gasteiger partial charge in [-0.2, -0.15) is 15.6 Å². The summed E-state index contributed by atoms with van der Waals surface area (Å²) in [4.78, 5) is 0.